The number of rotatable bonds is 8. The molecule has 6 nitrogen and oxygen atoms in total. The van der Waals surface area contributed by atoms with Crippen molar-refractivity contribution >= 4 is 17.3 Å². The van der Waals surface area contributed by atoms with Crippen LogP contribution >= 0.6 is 0 Å². The summed E-state index contributed by atoms with van der Waals surface area (Å²) < 4.78 is 50.5. The molecular formula is C23H28F3N3O3. The summed E-state index contributed by atoms with van der Waals surface area (Å²) in [6.07, 6.45) is -4.49. The Balaban J connectivity index is 1.68. The first-order valence-corrected chi connectivity index (χ1v) is 10.5. The Morgan fingerprint density at radius 1 is 1.16 bits per heavy atom. The molecule has 9 heteroatoms. The van der Waals surface area contributed by atoms with Crippen LogP contribution in [-0.2, 0) is 22.3 Å². The lowest BCUT2D eigenvalue weighted by atomic mass is 10.1. The van der Waals surface area contributed by atoms with Crippen LogP contribution in [0.25, 0.3) is 0 Å². The molecule has 0 atom stereocenters. The summed E-state index contributed by atoms with van der Waals surface area (Å²) in [6.45, 7) is 5.11. The van der Waals surface area contributed by atoms with Gasteiger partial charge >= 0.3 is 6.18 Å². The van der Waals surface area contributed by atoms with E-state index in [0.29, 0.717) is 45.1 Å². The quantitative estimate of drug-likeness (QED) is 0.657. The van der Waals surface area contributed by atoms with Gasteiger partial charge in [0.15, 0.2) is 0 Å². The van der Waals surface area contributed by atoms with Crippen molar-refractivity contribution in [1.82, 2.24) is 4.90 Å². The van der Waals surface area contributed by atoms with Crippen LogP contribution in [0.1, 0.15) is 18.1 Å². The molecule has 1 amide bonds. The molecule has 0 unspecified atom stereocenters. The van der Waals surface area contributed by atoms with E-state index in [0.717, 1.165) is 23.4 Å². The van der Waals surface area contributed by atoms with Crippen LogP contribution in [0.5, 0.6) is 5.75 Å². The first-order valence-electron chi connectivity index (χ1n) is 10.5. The van der Waals surface area contributed by atoms with Crippen molar-refractivity contribution in [3.63, 3.8) is 0 Å². The first kappa shape index (κ1) is 23.9. The maximum absolute atomic E-state index is 13.2. The molecule has 1 N–H and O–H groups in total. The van der Waals surface area contributed by atoms with E-state index in [1.807, 2.05) is 36.1 Å². The van der Waals surface area contributed by atoms with Crippen LogP contribution in [0.2, 0.25) is 0 Å². The third-order valence-corrected chi connectivity index (χ3v) is 5.05. The molecule has 0 aliphatic carbocycles. The lowest BCUT2D eigenvalue weighted by molar-refractivity contribution is -0.137. The standard InChI is InChI=1S/C23H28F3N3O3/c1-3-32-19-7-4-17(5-8-19)15-28(2)16-22(30)27-20-14-18(23(24,25)26)6-9-21(20)29-10-12-31-13-11-29/h4-9,14H,3,10-13,15-16H2,1-2H3,(H,27,30). The summed E-state index contributed by atoms with van der Waals surface area (Å²) in [5.74, 6) is 0.393. The number of hydrogen-bond donors (Lipinski definition) is 1. The minimum absolute atomic E-state index is 0.0337. The third-order valence-electron chi connectivity index (χ3n) is 5.05. The van der Waals surface area contributed by atoms with Crippen LogP contribution in [0.15, 0.2) is 42.5 Å². The zero-order valence-electron chi connectivity index (χ0n) is 18.2. The molecule has 174 valence electrons. The smallest absolute Gasteiger partial charge is 0.416 e. The van der Waals surface area contributed by atoms with Crippen molar-refractivity contribution in [3.8, 4) is 5.75 Å². The molecule has 2 aromatic carbocycles. The molecule has 0 radical (unpaired) electrons. The van der Waals surface area contributed by atoms with Crippen LogP contribution in [0.4, 0.5) is 24.5 Å². The second-order valence-electron chi connectivity index (χ2n) is 7.63. The molecule has 1 saturated heterocycles. The first-order chi connectivity index (χ1) is 15.3. The number of halogens is 3. The van der Waals surface area contributed by atoms with Gasteiger partial charge in [0.2, 0.25) is 5.91 Å². The fourth-order valence-electron chi connectivity index (χ4n) is 3.55. The van der Waals surface area contributed by atoms with Gasteiger partial charge in [-0.2, -0.15) is 13.2 Å². The number of morpholine rings is 1. The van der Waals surface area contributed by atoms with E-state index >= 15 is 0 Å². The highest BCUT2D eigenvalue weighted by atomic mass is 19.4. The molecule has 0 bridgehead atoms. The van der Waals surface area contributed by atoms with Gasteiger partial charge in [-0.3, -0.25) is 9.69 Å². The molecular weight excluding hydrogens is 423 g/mol. The predicted molar refractivity (Wildman–Crippen MR) is 117 cm³/mol. The molecule has 3 rings (SSSR count). The van der Waals surface area contributed by atoms with Gasteiger partial charge in [-0.05, 0) is 49.9 Å². The molecule has 1 aliphatic heterocycles. The Bertz CT molecular complexity index is 898. The van der Waals surface area contributed by atoms with E-state index in [1.165, 1.54) is 6.07 Å². The second-order valence-corrected chi connectivity index (χ2v) is 7.63. The fourth-order valence-corrected chi connectivity index (χ4v) is 3.55. The van der Waals surface area contributed by atoms with Crippen molar-refractivity contribution < 1.29 is 27.4 Å². The SMILES string of the molecule is CCOc1ccc(CN(C)CC(=O)Nc2cc(C(F)(F)F)ccc2N2CCOCC2)cc1. The maximum Gasteiger partial charge on any atom is 0.416 e. The highest BCUT2D eigenvalue weighted by Crippen LogP contribution is 2.35. The second kappa shape index (κ2) is 10.7. The van der Waals surface area contributed by atoms with Gasteiger partial charge in [-0.15, -0.1) is 0 Å². The van der Waals surface area contributed by atoms with Crippen LogP contribution in [-0.4, -0.2) is 57.3 Å². The van der Waals surface area contributed by atoms with Crippen molar-refractivity contribution in [2.24, 2.45) is 0 Å². The van der Waals surface area contributed by atoms with Crippen LogP contribution in [0.3, 0.4) is 0 Å². The monoisotopic (exact) mass is 451 g/mol. The summed E-state index contributed by atoms with van der Waals surface area (Å²) in [5.41, 5.74) is 0.911. The van der Waals surface area contributed by atoms with E-state index in [1.54, 1.807) is 11.9 Å². The lowest BCUT2D eigenvalue weighted by Gasteiger charge is -2.31. The number of nitrogens with one attached hydrogen (secondary N) is 1. The van der Waals surface area contributed by atoms with Crippen LogP contribution in [0, 0.1) is 0 Å². The lowest BCUT2D eigenvalue weighted by Crippen LogP contribution is -2.37. The molecule has 0 spiro atoms. The van der Waals surface area contributed by atoms with Gasteiger partial charge in [-0.1, -0.05) is 12.1 Å². The number of nitrogens with zero attached hydrogens (tertiary/aromatic N) is 2. The van der Waals surface area contributed by atoms with Gasteiger partial charge in [0.05, 0.1) is 43.3 Å². The van der Waals surface area contributed by atoms with Crippen molar-refractivity contribution in [3.05, 3.63) is 53.6 Å². The van der Waals surface area contributed by atoms with E-state index in [2.05, 4.69) is 5.32 Å². The summed E-state index contributed by atoms with van der Waals surface area (Å²) in [5, 5.41) is 2.68. The normalized spacial score (nSPS) is 14.5. The number of carbonyl (C=O) groups excluding carboxylic acids is 1. The maximum atomic E-state index is 13.2. The number of hydrogen-bond acceptors (Lipinski definition) is 5. The number of alkyl halides is 3. The van der Waals surface area contributed by atoms with Gasteiger partial charge in [0.25, 0.3) is 0 Å². The van der Waals surface area contributed by atoms with Gasteiger partial charge in [0, 0.05) is 19.6 Å². The Labute approximate surface area is 185 Å². The van der Waals surface area contributed by atoms with E-state index in [4.69, 9.17) is 9.47 Å². The molecule has 1 heterocycles. The number of carbonyl (C=O) groups is 1. The van der Waals surface area contributed by atoms with Crippen molar-refractivity contribution in [2.45, 2.75) is 19.6 Å². The molecule has 1 fully saturated rings. The average molecular weight is 451 g/mol. The summed E-state index contributed by atoms with van der Waals surface area (Å²) in [6, 6.07) is 11.0. The van der Waals surface area contributed by atoms with Crippen molar-refractivity contribution in [2.75, 3.05) is 56.7 Å². The molecule has 1 aliphatic rings. The molecule has 0 saturated carbocycles. The van der Waals surface area contributed by atoms with Gasteiger partial charge in [0.1, 0.15) is 5.75 Å². The fraction of sp³-hybridized carbons (Fsp3) is 0.435. The van der Waals surface area contributed by atoms with Gasteiger partial charge < -0.3 is 19.7 Å². The van der Waals surface area contributed by atoms with E-state index < -0.39 is 11.7 Å². The minimum Gasteiger partial charge on any atom is -0.494 e. The van der Waals surface area contributed by atoms with Gasteiger partial charge in [-0.25, -0.2) is 0 Å². The largest absolute Gasteiger partial charge is 0.494 e. The molecule has 0 aromatic heterocycles. The number of benzene rings is 2. The summed E-state index contributed by atoms with van der Waals surface area (Å²) >= 11 is 0. The predicted octanol–water partition coefficient (Wildman–Crippen LogP) is 4.01. The number of amides is 1. The number of anilines is 2. The molecule has 32 heavy (non-hydrogen) atoms. The number of likely N-dealkylation sites (N-methyl/N-ethyl adjacent to an activating group) is 1. The zero-order chi connectivity index (χ0) is 23.1. The van der Waals surface area contributed by atoms with E-state index in [9.17, 15) is 18.0 Å². The minimum atomic E-state index is -4.49. The zero-order valence-corrected chi connectivity index (χ0v) is 18.2. The Hall–Kier alpha value is -2.78. The number of ether oxygens (including phenoxy) is 2. The Morgan fingerprint density at radius 2 is 1.84 bits per heavy atom. The highest BCUT2D eigenvalue weighted by Gasteiger charge is 2.32. The Kier molecular flexibility index (Phi) is 7.98. The molecule has 2 aromatic rings. The average Bonchev–Trinajstić information content (AvgIpc) is 2.75. The summed E-state index contributed by atoms with van der Waals surface area (Å²) in [7, 11) is 1.78. The van der Waals surface area contributed by atoms with Crippen LogP contribution < -0.4 is 15.0 Å². The highest BCUT2D eigenvalue weighted by molar-refractivity contribution is 5.95. The van der Waals surface area contributed by atoms with E-state index in [-0.39, 0.29) is 18.1 Å². The topological polar surface area (TPSA) is 54.0 Å². The Morgan fingerprint density at radius 3 is 2.47 bits per heavy atom. The summed E-state index contributed by atoms with van der Waals surface area (Å²) in [4.78, 5) is 16.4. The van der Waals surface area contributed by atoms with Crippen molar-refractivity contribution in [1.29, 1.82) is 0 Å². The third kappa shape index (κ3) is 6.61.